The molecule has 0 amide bonds. The molecule has 0 heterocycles. The lowest BCUT2D eigenvalue weighted by Crippen LogP contribution is -2.08. The van der Waals surface area contributed by atoms with Crippen molar-refractivity contribution in [3.05, 3.63) is 59.7 Å². The van der Waals surface area contributed by atoms with Crippen LogP contribution in [0.5, 0.6) is 5.75 Å². The van der Waals surface area contributed by atoms with Crippen LogP contribution >= 0.6 is 0 Å². The average molecular weight is 293 g/mol. The molecule has 2 aromatic carbocycles. The monoisotopic (exact) mass is 293 g/mol. The summed E-state index contributed by atoms with van der Waals surface area (Å²) in [7, 11) is 0. The van der Waals surface area contributed by atoms with Gasteiger partial charge < -0.3 is 15.2 Å². The number of alkyl halides is 2. The second-order valence-corrected chi connectivity index (χ2v) is 4.63. The quantitative estimate of drug-likeness (QED) is 0.847. The van der Waals surface area contributed by atoms with E-state index in [1.807, 2.05) is 31.2 Å². The van der Waals surface area contributed by atoms with Crippen LogP contribution in [0.4, 0.5) is 14.5 Å². The van der Waals surface area contributed by atoms with Crippen LogP contribution in [0.25, 0.3) is 0 Å². The van der Waals surface area contributed by atoms with Crippen molar-refractivity contribution in [1.29, 1.82) is 0 Å². The molecule has 0 aliphatic carbocycles. The Morgan fingerprint density at radius 2 is 1.76 bits per heavy atom. The molecule has 1 atom stereocenters. The Bertz CT molecular complexity index is 573. The van der Waals surface area contributed by atoms with Crippen molar-refractivity contribution < 1.29 is 18.6 Å². The second kappa shape index (κ2) is 7.04. The van der Waals surface area contributed by atoms with Gasteiger partial charge in [0.2, 0.25) is 0 Å². The van der Waals surface area contributed by atoms with Gasteiger partial charge in [-0.05, 0) is 30.7 Å². The summed E-state index contributed by atoms with van der Waals surface area (Å²) in [6.07, 6.45) is 0. The number of nitrogens with one attached hydrogen (secondary N) is 1. The van der Waals surface area contributed by atoms with Crippen LogP contribution in [-0.2, 0) is 6.61 Å². The third-order valence-electron chi connectivity index (χ3n) is 3.16. The minimum Gasteiger partial charge on any atom is -0.435 e. The normalized spacial score (nSPS) is 12.2. The molecule has 5 heteroatoms. The van der Waals surface area contributed by atoms with Gasteiger partial charge in [-0.3, -0.25) is 0 Å². The van der Waals surface area contributed by atoms with Crippen LogP contribution < -0.4 is 10.1 Å². The molecule has 0 saturated carbocycles. The number of benzene rings is 2. The van der Waals surface area contributed by atoms with E-state index in [2.05, 4.69) is 10.1 Å². The van der Waals surface area contributed by atoms with E-state index >= 15 is 0 Å². The van der Waals surface area contributed by atoms with Gasteiger partial charge in [0.15, 0.2) is 0 Å². The minimum atomic E-state index is -2.82. The van der Waals surface area contributed by atoms with Gasteiger partial charge in [0.25, 0.3) is 0 Å². The van der Waals surface area contributed by atoms with Crippen LogP contribution in [-0.4, -0.2) is 11.7 Å². The number of halogens is 2. The maximum Gasteiger partial charge on any atom is 0.387 e. The van der Waals surface area contributed by atoms with Crippen molar-refractivity contribution in [3.8, 4) is 5.75 Å². The zero-order chi connectivity index (χ0) is 15.2. The summed E-state index contributed by atoms with van der Waals surface area (Å²) in [6.45, 7) is -0.906. The van der Waals surface area contributed by atoms with Crippen LogP contribution in [0.2, 0.25) is 0 Å². The van der Waals surface area contributed by atoms with Gasteiger partial charge in [-0.1, -0.05) is 30.3 Å². The molecular formula is C16H17F2NO2. The summed E-state index contributed by atoms with van der Waals surface area (Å²) in [5.74, 6) is 0.136. The Hall–Kier alpha value is -2.14. The first-order valence-corrected chi connectivity index (χ1v) is 6.60. The first-order chi connectivity index (χ1) is 10.1. The Balaban J connectivity index is 2.07. The number of hydrogen-bond acceptors (Lipinski definition) is 3. The third-order valence-corrected chi connectivity index (χ3v) is 3.16. The zero-order valence-corrected chi connectivity index (χ0v) is 11.6. The fourth-order valence-electron chi connectivity index (χ4n) is 2.05. The molecule has 0 bridgehead atoms. The summed E-state index contributed by atoms with van der Waals surface area (Å²) in [6, 6.07) is 13.9. The smallest absolute Gasteiger partial charge is 0.387 e. The minimum absolute atomic E-state index is 0.0294. The van der Waals surface area contributed by atoms with E-state index < -0.39 is 6.61 Å². The van der Waals surface area contributed by atoms with Crippen LogP contribution in [0.3, 0.4) is 0 Å². The summed E-state index contributed by atoms with van der Waals surface area (Å²) in [5.41, 5.74) is 2.59. The predicted molar refractivity (Wildman–Crippen MR) is 77.5 cm³/mol. The van der Waals surface area contributed by atoms with Gasteiger partial charge in [0.05, 0.1) is 6.61 Å². The number of ether oxygens (including phenoxy) is 1. The fourth-order valence-corrected chi connectivity index (χ4v) is 2.05. The van der Waals surface area contributed by atoms with E-state index in [9.17, 15) is 13.9 Å². The first-order valence-electron chi connectivity index (χ1n) is 6.60. The van der Waals surface area contributed by atoms with E-state index in [0.29, 0.717) is 0 Å². The average Bonchev–Trinajstić information content (AvgIpc) is 2.48. The summed E-state index contributed by atoms with van der Waals surface area (Å²) in [5, 5.41) is 12.6. The molecule has 0 fully saturated rings. The van der Waals surface area contributed by atoms with Gasteiger partial charge in [-0.2, -0.15) is 8.78 Å². The lowest BCUT2D eigenvalue weighted by molar-refractivity contribution is -0.0498. The maximum absolute atomic E-state index is 12.1. The van der Waals surface area contributed by atoms with Gasteiger partial charge >= 0.3 is 6.61 Å². The third kappa shape index (κ3) is 4.16. The van der Waals surface area contributed by atoms with Crippen molar-refractivity contribution in [1.82, 2.24) is 0 Å². The molecule has 112 valence electrons. The lowest BCUT2D eigenvalue weighted by Gasteiger charge is -2.18. The molecule has 0 aliphatic rings. The lowest BCUT2D eigenvalue weighted by atomic mass is 10.1. The Morgan fingerprint density at radius 1 is 1.10 bits per heavy atom. The molecule has 0 radical (unpaired) electrons. The molecule has 2 rings (SSSR count). The van der Waals surface area contributed by atoms with Crippen molar-refractivity contribution in [2.24, 2.45) is 0 Å². The van der Waals surface area contributed by atoms with E-state index in [1.165, 1.54) is 12.1 Å². The molecule has 0 spiro atoms. The predicted octanol–water partition coefficient (Wildman–Crippen LogP) is 3.95. The Morgan fingerprint density at radius 3 is 2.38 bits per heavy atom. The molecule has 2 aromatic rings. The zero-order valence-electron chi connectivity index (χ0n) is 11.6. The van der Waals surface area contributed by atoms with E-state index in [1.54, 1.807) is 12.1 Å². The standard InChI is InChI=1S/C16H17F2NO2/c1-11(19-15-5-3-2-4-13(15)10-20)12-6-8-14(9-7-12)21-16(17)18/h2-9,11,16,19-20H,10H2,1H3. The topological polar surface area (TPSA) is 41.5 Å². The number of aliphatic hydroxyl groups excluding tert-OH is 1. The number of hydrogen-bond donors (Lipinski definition) is 2. The van der Waals surface area contributed by atoms with E-state index in [4.69, 9.17) is 0 Å². The summed E-state index contributed by atoms with van der Waals surface area (Å²) in [4.78, 5) is 0. The summed E-state index contributed by atoms with van der Waals surface area (Å²) < 4.78 is 28.5. The van der Waals surface area contributed by atoms with E-state index in [-0.39, 0.29) is 18.4 Å². The molecule has 0 aliphatic heterocycles. The van der Waals surface area contributed by atoms with Gasteiger partial charge in [0, 0.05) is 17.3 Å². The fraction of sp³-hybridized carbons (Fsp3) is 0.250. The SMILES string of the molecule is CC(Nc1ccccc1CO)c1ccc(OC(F)F)cc1. The van der Waals surface area contributed by atoms with E-state index in [0.717, 1.165) is 16.8 Å². The first kappa shape index (κ1) is 15.3. The number of aliphatic hydroxyl groups is 1. The molecular weight excluding hydrogens is 276 g/mol. The van der Waals surface area contributed by atoms with Crippen molar-refractivity contribution >= 4 is 5.69 Å². The largest absolute Gasteiger partial charge is 0.435 e. The second-order valence-electron chi connectivity index (χ2n) is 4.63. The molecule has 2 N–H and O–H groups in total. The van der Waals surface area contributed by atoms with Gasteiger partial charge in [-0.15, -0.1) is 0 Å². The Labute approximate surface area is 122 Å². The van der Waals surface area contributed by atoms with Gasteiger partial charge in [-0.25, -0.2) is 0 Å². The Kier molecular flexibility index (Phi) is 5.11. The highest BCUT2D eigenvalue weighted by Gasteiger charge is 2.09. The molecule has 0 saturated heterocycles. The highest BCUT2D eigenvalue weighted by molar-refractivity contribution is 5.52. The van der Waals surface area contributed by atoms with Crippen molar-refractivity contribution in [2.45, 2.75) is 26.2 Å². The number of anilines is 1. The highest BCUT2D eigenvalue weighted by Crippen LogP contribution is 2.24. The van der Waals surface area contributed by atoms with Crippen LogP contribution in [0.1, 0.15) is 24.1 Å². The molecule has 3 nitrogen and oxygen atoms in total. The number of para-hydroxylation sites is 1. The molecule has 21 heavy (non-hydrogen) atoms. The summed E-state index contributed by atoms with van der Waals surface area (Å²) >= 11 is 0. The number of rotatable bonds is 6. The highest BCUT2D eigenvalue weighted by atomic mass is 19.3. The van der Waals surface area contributed by atoms with Crippen molar-refractivity contribution in [3.63, 3.8) is 0 Å². The molecule has 1 unspecified atom stereocenters. The van der Waals surface area contributed by atoms with Crippen LogP contribution in [0, 0.1) is 0 Å². The van der Waals surface area contributed by atoms with Crippen molar-refractivity contribution in [2.75, 3.05) is 5.32 Å². The maximum atomic E-state index is 12.1. The van der Waals surface area contributed by atoms with Crippen LogP contribution in [0.15, 0.2) is 48.5 Å². The van der Waals surface area contributed by atoms with Gasteiger partial charge in [0.1, 0.15) is 5.75 Å². The molecule has 0 aromatic heterocycles.